The maximum atomic E-state index is 13.2. The molecular formula is C23H24N6O3. The molecule has 0 bridgehead atoms. The monoisotopic (exact) mass is 432 g/mol. The van der Waals surface area contributed by atoms with Crippen LogP contribution in [0.2, 0.25) is 0 Å². The molecule has 164 valence electrons. The van der Waals surface area contributed by atoms with Gasteiger partial charge < -0.3 is 14.5 Å². The van der Waals surface area contributed by atoms with Crippen LogP contribution in [0.5, 0.6) is 5.88 Å². The summed E-state index contributed by atoms with van der Waals surface area (Å²) in [7, 11) is 1.54. The first-order valence-corrected chi connectivity index (χ1v) is 10.5. The Morgan fingerprint density at radius 2 is 1.72 bits per heavy atom. The van der Waals surface area contributed by atoms with Crippen LogP contribution in [0, 0.1) is 12.8 Å². The third kappa shape index (κ3) is 3.30. The minimum Gasteiger partial charge on any atom is -0.481 e. The number of fused-ring (bicyclic) bond motifs is 1. The number of nitrogens with zero attached hydrogens (tertiary/aromatic N) is 5. The van der Waals surface area contributed by atoms with Gasteiger partial charge in [-0.1, -0.05) is 18.2 Å². The Bertz CT molecular complexity index is 1150. The molecule has 2 aromatic heterocycles. The van der Waals surface area contributed by atoms with Gasteiger partial charge in [-0.05, 0) is 25.1 Å². The molecule has 0 radical (unpaired) electrons. The van der Waals surface area contributed by atoms with Crippen molar-refractivity contribution < 1.29 is 14.3 Å². The molecule has 2 aliphatic heterocycles. The minimum absolute atomic E-state index is 0.0103. The Balaban J connectivity index is 1.42. The van der Waals surface area contributed by atoms with Crippen LogP contribution in [0.3, 0.4) is 0 Å². The topological polar surface area (TPSA) is 104 Å². The molecule has 2 amide bonds. The zero-order chi connectivity index (χ0) is 22.3. The number of benzene rings is 1. The number of carbonyl (C=O) groups excluding carboxylic acids is 2. The number of aryl methyl sites for hydroxylation is 1. The van der Waals surface area contributed by atoms with Gasteiger partial charge in [0.1, 0.15) is 5.82 Å². The molecule has 0 unspecified atom stereocenters. The highest BCUT2D eigenvalue weighted by Gasteiger charge is 2.57. The first-order chi connectivity index (χ1) is 15.5. The summed E-state index contributed by atoms with van der Waals surface area (Å²) in [4.78, 5) is 38.8. The summed E-state index contributed by atoms with van der Waals surface area (Å²) in [6.07, 6.45) is 1.53. The molecule has 1 aromatic carbocycles. The molecular weight excluding hydrogens is 408 g/mol. The van der Waals surface area contributed by atoms with E-state index in [0.29, 0.717) is 54.8 Å². The van der Waals surface area contributed by atoms with Crippen LogP contribution in [0.4, 0.5) is 0 Å². The van der Waals surface area contributed by atoms with Crippen molar-refractivity contribution in [2.75, 3.05) is 33.3 Å². The lowest BCUT2D eigenvalue weighted by Crippen LogP contribution is -2.41. The van der Waals surface area contributed by atoms with Gasteiger partial charge in [0, 0.05) is 49.9 Å². The van der Waals surface area contributed by atoms with Crippen molar-refractivity contribution in [2.45, 2.75) is 12.3 Å². The Morgan fingerprint density at radius 1 is 1.03 bits per heavy atom. The van der Waals surface area contributed by atoms with Gasteiger partial charge in [-0.25, -0.2) is 9.97 Å². The predicted molar refractivity (Wildman–Crippen MR) is 115 cm³/mol. The van der Waals surface area contributed by atoms with Gasteiger partial charge >= 0.3 is 0 Å². The van der Waals surface area contributed by atoms with Crippen molar-refractivity contribution in [2.24, 2.45) is 5.92 Å². The molecule has 4 heterocycles. The average molecular weight is 432 g/mol. The Kier molecular flexibility index (Phi) is 4.88. The lowest BCUT2D eigenvalue weighted by Gasteiger charge is -2.27. The second-order valence-corrected chi connectivity index (χ2v) is 8.42. The van der Waals surface area contributed by atoms with Gasteiger partial charge in [-0.2, -0.15) is 5.10 Å². The van der Waals surface area contributed by atoms with Crippen molar-refractivity contribution in [3.63, 3.8) is 0 Å². The van der Waals surface area contributed by atoms with Crippen LogP contribution in [0.15, 0.2) is 48.7 Å². The number of likely N-dealkylation sites (tertiary alicyclic amines) is 2. The van der Waals surface area contributed by atoms with Gasteiger partial charge in [-0.15, -0.1) is 0 Å². The Labute approximate surface area is 185 Å². The quantitative estimate of drug-likeness (QED) is 0.673. The number of aromatic nitrogens is 4. The second-order valence-electron chi connectivity index (χ2n) is 8.42. The van der Waals surface area contributed by atoms with Crippen molar-refractivity contribution in [3.8, 4) is 5.88 Å². The number of rotatable bonds is 4. The molecule has 0 spiro atoms. The van der Waals surface area contributed by atoms with Crippen molar-refractivity contribution >= 4 is 11.8 Å². The maximum absolute atomic E-state index is 13.2. The van der Waals surface area contributed by atoms with E-state index in [1.165, 1.54) is 13.3 Å². The van der Waals surface area contributed by atoms with E-state index in [2.05, 4.69) is 20.2 Å². The lowest BCUT2D eigenvalue weighted by molar-refractivity contribution is 0.0731. The predicted octanol–water partition coefficient (Wildman–Crippen LogP) is 1.68. The molecule has 2 saturated heterocycles. The molecule has 0 saturated carbocycles. The first kappa shape index (κ1) is 20.2. The van der Waals surface area contributed by atoms with Crippen LogP contribution in [0.1, 0.15) is 32.4 Å². The van der Waals surface area contributed by atoms with Crippen LogP contribution >= 0.6 is 0 Å². The number of amides is 2. The third-order valence-electron chi connectivity index (χ3n) is 6.44. The van der Waals surface area contributed by atoms with E-state index in [-0.39, 0.29) is 17.7 Å². The Morgan fingerprint density at radius 3 is 2.28 bits per heavy atom. The standard InChI is InChI=1S/C23H24N6O3/c1-15-25-22(27-26-15)23-13-28(20(30)16-6-4-3-5-7-16)11-18(23)12-29(14-23)21(31)17-8-9-19(32-2)24-10-17/h3-10,18H,11-14H2,1-2H3,(H,25,26,27)/t18-,23-/m0/s1. The third-order valence-corrected chi connectivity index (χ3v) is 6.44. The van der Waals surface area contributed by atoms with Gasteiger partial charge in [0.15, 0.2) is 5.82 Å². The number of methoxy groups -OCH3 is 1. The SMILES string of the molecule is COc1ccc(C(=O)N2C[C@@H]3CN(C(=O)c4ccccc4)C[C@]3(c3n[nH]c(C)n3)C2)cn1. The van der Waals surface area contributed by atoms with Gasteiger partial charge in [0.2, 0.25) is 5.88 Å². The number of ether oxygens (including phenoxy) is 1. The zero-order valence-electron chi connectivity index (χ0n) is 18.0. The zero-order valence-corrected chi connectivity index (χ0v) is 18.0. The molecule has 9 nitrogen and oxygen atoms in total. The molecule has 5 rings (SSSR count). The maximum Gasteiger partial charge on any atom is 0.255 e. The number of aromatic amines is 1. The van der Waals surface area contributed by atoms with E-state index in [4.69, 9.17) is 4.74 Å². The van der Waals surface area contributed by atoms with E-state index in [1.54, 1.807) is 12.1 Å². The second kappa shape index (κ2) is 7.74. The average Bonchev–Trinajstić information content (AvgIpc) is 3.51. The summed E-state index contributed by atoms with van der Waals surface area (Å²) >= 11 is 0. The molecule has 2 aliphatic rings. The molecule has 0 aliphatic carbocycles. The van der Waals surface area contributed by atoms with E-state index in [1.807, 2.05) is 47.1 Å². The Hall–Kier alpha value is -3.75. The fourth-order valence-corrected chi connectivity index (χ4v) is 4.83. The lowest BCUT2D eigenvalue weighted by atomic mass is 9.80. The summed E-state index contributed by atoms with van der Waals surface area (Å²) in [5.74, 6) is 1.77. The number of hydrogen-bond acceptors (Lipinski definition) is 6. The first-order valence-electron chi connectivity index (χ1n) is 10.5. The summed E-state index contributed by atoms with van der Waals surface area (Å²) in [5, 5.41) is 7.37. The van der Waals surface area contributed by atoms with Gasteiger partial charge in [0.05, 0.1) is 18.1 Å². The van der Waals surface area contributed by atoms with Gasteiger partial charge in [-0.3, -0.25) is 14.7 Å². The molecule has 32 heavy (non-hydrogen) atoms. The van der Waals surface area contributed by atoms with Crippen LogP contribution in [-0.4, -0.2) is 75.1 Å². The molecule has 2 atom stereocenters. The summed E-state index contributed by atoms with van der Waals surface area (Å²) in [6.45, 7) is 3.83. The smallest absolute Gasteiger partial charge is 0.255 e. The molecule has 3 aromatic rings. The molecule has 1 N–H and O–H groups in total. The number of carbonyl (C=O) groups is 2. The van der Waals surface area contributed by atoms with E-state index in [0.717, 1.165) is 0 Å². The number of nitrogens with one attached hydrogen (secondary N) is 1. The number of hydrogen-bond donors (Lipinski definition) is 1. The number of pyridine rings is 1. The van der Waals surface area contributed by atoms with Gasteiger partial charge in [0.25, 0.3) is 11.8 Å². The number of H-pyrrole nitrogens is 1. The highest BCUT2D eigenvalue weighted by Crippen LogP contribution is 2.44. The molecule has 2 fully saturated rings. The van der Waals surface area contributed by atoms with Crippen molar-refractivity contribution in [1.82, 2.24) is 30.0 Å². The van der Waals surface area contributed by atoms with Crippen LogP contribution in [0.25, 0.3) is 0 Å². The largest absolute Gasteiger partial charge is 0.481 e. The summed E-state index contributed by atoms with van der Waals surface area (Å²) in [6, 6.07) is 12.7. The minimum atomic E-state index is -0.509. The van der Waals surface area contributed by atoms with Crippen molar-refractivity contribution in [3.05, 3.63) is 71.4 Å². The van der Waals surface area contributed by atoms with E-state index < -0.39 is 5.41 Å². The van der Waals surface area contributed by atoms with Crippen molar-refractivity contribution in [1.29, 1.82) is 0 Å². The van der Waals surface area contributed by atoms with E-state index >= 15 is 0 Å². The van der Waals surface area contributed by atoms with Crippen LogP contribution < -0.4 is 4.74 Å². The highest BCUT2D eigenvalue weighted by molar-refractivity contribution is 5.95. The van der Waals surface area contributed by atoms with E-state index in [9.17, 15) is 9.59 Å². The normalized spacial score (nSPS) is 22.1. The summed E-state index contributed by atoms with van der Waals surface area (Å²) < 4.78 is 5.09. The molecule has 9 heteroatoms. The summed E-state index contributed by atoms with van der Waals surface area (Å²) in [5.41, 5.74) is 0.653. The highest BCUT2D eigenvalue weighted by atomic mass is 16.5. The fraction of sp³-hybridized carbons (Fsp3) is 0.348. The van der Waals surface area contributed by atoms with Crippen LogP contribution in [-0.2, 0) is 5.41 Å². The fourth-order valence-electron chi connectivity index (χ4n) is 4.83.